The number of nitrogens with zero attached hydrogens (tertiary/aromatic N) is 3. The number of aromatic carboxylic acids is 1. The molecule has 2 saturated heterocycles. The largest absolute Gasteiger partial charge is 0.484 e. The van der Waals surface area contributed by atoms with Crippen molar-refractivity contribution in [1.82, 2.24) is 20.1 Å². The number of fused-ring (bicyclic) bond motifs is 1. The molecule has 3 heterocycles. The Morgan fingerprint density at radius 1 is 1.14 bits per heavy atom. The van der Waals surface area contributed by atoms with Crippen LogP contribution in [0, 0.1) is 5.82 Å². The van der Waals surface area contributed by atoms with Crippen LogP contribution >= 0.6 is 24.0 Å². The van der Waals surface area contributed by atoms with E-state index in [1.807, 2.05) is 23.1 Å². The highest BCUT2D eigenvalue weighted by Gasteiger charge is 2.35. The predicted molar refractivity (Wildman–Crippen MR) is 163 cm³/mol. The number of ether oxygens (including phenoxy) is 1. The first-order valence-electron chi connectivity index (χ1n) is 13.8. The summed E-state index contributed by atoms with van der Waals surface area (Å²) in [5.74, 6) is -1.42. The molecule has 10 nitrogen and oxygen atoms in total. The summed E-state index contributed by atoms with van der Waals surface area (Å²) in [5.41, 5.74) is -0.0752. The molecule has 1 aliphatic carbocycles. The quantitative estimate of drug-likeness (QED) is 0.329. The number of hydrogen-bond acceptors (Lipinski definition) is 8. The summed E-state index contributed by atoms with van der Waals surface area (Å²) < 4.78 is 23.3. The average molecular weight is 612 g/mol. The predicted octanol–water partition coefficient (Wildman–Crippen LogP) is 2.81. The van der Waals surface area contributed by atoms with E-state index in [0.29, 0.717) is 54.0 Å². The summed E-state index contributed by atoms with van der Waals surface area (Å²) in [6, 6.07) is 12.1. The Hall–Kier alpha value is -3.68. The van der Waals surface area contributed by atoms with Gasteiger partial charge in [0.15, 0.2) is 6.61 Å². The number of thioether (sulfide) groups is 1. The number of hydrogen-bond donors (Lipinski definition) is 3. The zero-order chi connectivity index (χ0) is 29.4. The van der Waals surface area contributed by atoms with E-state index >= 15 is 4.39 Å². The van der Waals surface area contributed by atoms with E-state index in [9.17, 15) is 19.5 Å². The number of benzene rings is 2. The van der Waals surface area contributed by atoms with Crippen molar-refractivity contribution in [3.8, 4) is 5.75 Å². The molecule has 3 fully saturated rings. The maximum Gasteiger partial charge on any atom is 0.341 e. The molecule has 0 bridgehead atoms. The highest BCUT2D eigenvalue weighted by Crippen LogP contribution is 2.38. The molecule has 3 aromatic rings. The lowest BCUT2D eigenvalue weighted by molar-refractivity contribution is -0.124. The molecule has 2 atom stereocenters. The smallest absolute Gasteiger partial charge is 0.341 e. The molecule has 0 radical (unpaired) electrons. The van der Waals surface area contributed by atoms with Crippen LogP contribution < -0.4 is 25.7 Å². The zero-order valence-corrected chi connectivity index (χ0v) is 24.3. The number of rotatable bonds is 8. The van der Waals surface area contributed by atoms with Crippen LogP contribution in [-0.2, 0) is 4.79 Å². The van der Waals surface area contributed by atoms with Gasteiger partial charge >= 0.3 is 5.97 Å². The highest BCUT2D eigenvalue weighted by molar-refractivity contribution is 8.23. The lowest BCUT2D eigenvalue weighted by Gasteiger charge is -2.41. The number of carbonyl (C=O) groups excluding carboxylic acids is 1. The number of anilines is 1. The number of halogens is 1. The number of nitrogens with one attached hydrogen (secondary N) is 2. The standard InChI is InChI=1S/C29H30FN5O5S2/c30-21-12-19-23(35(17-6-7-17)15-20(26(19)37)28(38)39)13-24(21)33-8-10-34(11-9-33)29(41)42-27-22(14-31-27)32-25(36)16-40-18-4-2-1-3-5-18/h1-5,12-13,15,17,22,27,31H,6-11,14,16H2,(H,32,36)(H,38,39)/t22?,27-/m0/s1. The van der Waals surface area contributed by atoms with Crippen molar-refractivity contribution in [3.63, 3.8) is 0 Å². The van der Waals surface area contributed by atoms with Crippen molar-refractivity contribution in [3.05, 3.63) is 70.3 Å². The maximum absolute atomic E-state index is 15.3. The van der Waals surface area contributed by atoms with Crippen LogP contribution in [0.1, 0.15) is 29.2 Å². The first-order valence-corrected chi connectivity index (χ1v) is 15.1. The summed E-state index contributed by atoms with van der Waals surface area (Å²) in [6.07, 6.45) is 3.17. The molecule has 2 aromatic carbocycles. The second-order valence-electron chi connectivity index (χ2n) is 10.6. The van der Waals surface area contributed by atoms with Gasteiger partial charge in [0.05, 0.1) is 22.6 Å². The van der Waals surface area contributed by atoms with Crippen LogP contribution in [0.25, 0.3) is 10.9 Å². The Morgan fingerprint density at radius 3 is 2.52 bits per heavy atom. The number of amides is 1. The molecular formula is C29H30FN5O5S2. The van der Waals surface area contributed by atoms with Crippen LogP contribution in [0.3, 0.4) is 0 Å². The summed E-state index contributed by atoms with van der Waals surface area (Å²) in [5, 5.41) is 15.8. The first-order chi connectivity index (χ1) is 20.3. The first kappa shape index (κ1) is 28.4. The number of para-hydroxylation sites is 1. The molecule has 3 N–H and O–H groups in total. The monoisotopic (exact) mass is 611 g/mol. The van der Waals surface area contributed by atoms with E-state index in [1.54, 1.807) is 22.8 Å². The van der Waals surface area contributed by atoms with E-state index < -0.39 is 17.2 Å². The van der Waals surface area contributed by atoms with E-state index in [4.69, 9.17) is 17.0 Å². The fourth-order valence-corrected chi connectivity index (χ4v) is 6.77. The van der Waals surface area contributed by atoms with E-state index in [1.165, 1.54) is 24.0 Å². The Balaban J connectivity index is 1.05. The molecule has 1 unspecified atom stereocenters. The van der Waals surface area contributed by atoms with Crippen molar-refractivity contribution in [2.45, 2.75) is 30.3 Å². The second kappa shape index (κ2) is 11.9. The molecule has 3 aliphatic rings. The number of carboxylic acids is 1. The summed E-state index contributed by atoms with van der Waals surface area (Å²) >= 11 is 7.20. The van der Waals surface area contributed by atoms with Gasteiger partial charge in [-0.05, 0) is 37.1 Å². The van der Waals surface area contributed by atoms with Gasteiger partial charge in [-0.15, -0.1) is 0 Å². The van der Waals surface area contributed by atoms with Crippen LogP contribution in [0.5, 0.6) is 5.75 Å². The molecule has 0 spiro atoms. The number of aromatic nitrogens is 1. The normalized spacial score (nSPS) is 20.2. The third-order valence-corrected chi connectivity index (χ3v) is 9.50. The van der Waals surface area contributed by atoms with Crippen molar-refractivity contribution in [1.29, 1.82) is 0 Å². The zero-order valence-electron chi connectivity index (χ0n) is 22.6. The summed E-state index contributed by atoms with van der Waals surface area (Å²) in [6.45, 7) is 2.81. The van der Waals surface area contributed by atoms with Gasteiger partial charge in [0, 0.05) is 50.3 Å². The van der Waals surface area contributed by atoms with Crippen molar-refractivity contribution >= 4 is 56.8 Å². The fraction of sp³-hybridized carbons (Fsp3) is 0.379. The minimum Gasteiger partial charge on any atom is -0.484 e. The van der Waals surface area contributed by atoms with Crippen LogP contribution in [0.2, 0.25) is 0 Å². The van der Waals surface area contributed by atoms with Gasteiger partial charge in [0.25, 0.3) is 5.91 Å². The third-order valence-electron chi connectivity index (χ3n) is 7.74. The third kappa shape index (κ3) is 5.94. The average Bonchev–Trinajstić information content (AvgIpc) is 3.83. The van der Waals surface area contributed by atoms with Crippen LogP contribution in [0.4, 0.5) is 10.1 Å². The summed E-state index contributed by atoms with van der Waals surface area (Å²) in [4.78, 5) is 40.8. The fourth-order valence-electron chi connectivity index (χ4n) is 5.22. The van der Waals surface area contributed by atoms with Crippen molar-refractivity contribution in [2.75, 3.05) is 44.2 Å². The molecule has 13 heteroatoms. The van der Waals surface area contributed by atoms with E-state index in [2.05, 4.69) is 15.5 Å². The van der Waals surface area contributed by atoms with Gasteiger partial charge in [0.1, 0.15) is 21.5 Å². The molecule has 220 valence electrons. The molecule has 42 heavy (non-hydrogen) atoms. The van der Waals surface area contributed by atoms with Gasteiger partial charge in [-0.3, -0.25) is 9.59 Å². The van der Waals surface area contributed by atoms with Crippen molar-refractivity contribution in [2.24, 2.45) is 0 Å². The molecule has 1 aromatic heterocycles. The van der Waals surface area contributed by atoms with Crippen LogP contribution in [0.15, 0.2) is 53.5 Å². The number of thiocarbonyl (C=S) groups is 1. The Bertz CT molecular complexity index is 1590. The van der Waals surface area contributed by atoms with Crippen molar-refractivity contribution < 1.29 is 23.8 Å². The van der Waals surface area contributed by atoms with Gasteiger partial charge in [0.2, 0.25) is 5.43 Å². The maximum atomic E-state index is 15.3. The van der Waals surface area contributed by atoms with Gasteiger partial charge in [-0.1, -0.05) is 42.2 Å². The molecule has 1 saturated carbocycles. The van der Waals surface area contributed by atoms with Gasteiger partial charge in [-0.25, -0.2) is 9.18 Å². The number of pyridine rings is 1. The van der Waals surface area contributed by atoms with E-state index in [-0.39, 0.29) is 40.9 Å². The Kier molecular flexibility index (Phi) is 8.06. The topological polar surface area (TPSA) is 116 Å². The minimum absolute atomic E-state index is 0.0519. The van der Waals surface area contributed by atoms with Gasteiger partial charge in [-0.2, -0.15) is 0 Å². The Labute approximate surface area is 250 Å². The highest BCUT2D eigenvalue weighted by atomic mass is 32.2. The molecule has 2 aliphatic heterocycles. The summed E-state index contributed by atoms with van der Waals surface area (Å²) in [7, 11) is 0. The lowest BCUT2D eigenvalue weighted by Crippen LogP contribution is -2.64. The molecule has 6 rings (SSSR count). The molecule has 1 amide bonds. The lowest BCUT2D eigenvalue weighted by atomic mass is 10.1. The Morgan fingerprint density at radius 2 is 1.88 bits per heavy atom. The number of carbonyl (C=O) groups is 2. The second-order valence-corrected chi connectivity index (χ2v) is 12.4. The SMILES string of the molecule is O=C(COc1ccccc1)NC1CN[C@H]1SC(=S)N1CCN(c2cc3c(cc2F)c(=O)c(C(=O)O)cn3C2CC2)CC1. The minimum atomic E-state index is -1.31. The van der Waals surface area contributed by atoms with Crippen LogP contribution in [-0.4, -0.2) is 81.5 Å². The van der Waals surface area contributed by atoms with E-state index in [0.717, 1.165) is 12.8 Å². The number of piperazine rings is 1. The molecular weight excluding hydrogens is 581 g/mol. The number of carboxylic acid groups (broad SMARTS) is 1. The van der Waals surface area contributed by atoms with Gasteiger partial charge < -0.3 is 34.8 Å².